The summed E-state index contributed by atoms with van der Waals surface area (Å²) in [6.45, 7) is 2.50. The number of hydrogen-bond acceptors (Lipinski definition) is 5. The predicted molar refractivity (Wildman–Crippen MR) is 99.8 cm³/mol. The third kappa shape index (κ3) is 4.88. The van der Waals surface area contributed by atoms with E-state index < -0.39 is 16.1 Å². The Morgan fingerprint density at radius 2 is 2.04 bits per heavy atom. The number of amides is 1. The van der Waals surface area contributed by atoms with Crippen molar-refractivity contribution < 1.29 is 22.7 Å². The van der Waals surface area contributed by atoms with Crippen molar-refractivity contribution in [1.29, 1.82) is 0 Å². The molecule has 1 aromatic carbocycles. The van der Waals surface area contributed by atoms with Crippen LogP contribution in [-0.2, 0) is 21.4 Å². The molecular weight excluding hydrogens is 356 g/mol. The van der Waals surface area contributed by atoms with Gasteiger partial charge < -0.3 is 14.8 Å². The molecule has 0 aromatic heterocycles. The van der Waals surface area contributed by atoms with Crippen LogP contribution in [0.2, 0.25) is 0 Å². The highest BCUT2D eigenvalue weighted by atomic mass is 32.2. The third-order valence-electron chi connectivity index (χ3n) is 4.52. The summed E-state index contributed by atoms with van der Waals surface area (Å²) < 4.78 is 36.8. The van der Waals surface area contributed by atoms with Crippen molar-refractivity contribution in [3.05, 3.63) is 23.8 Å². The molecule has 1 atom stereocenters. The van der Waals surface area contributed by atoms with Crippen molar-refractivity contribution in [3.8, 4) is 11.5 Å². The molecule has 0 saturated carbocycles. The minimum Gasteiger partial charge on any atom is -0.497 e. The van der Waals surface area contributed by atoms with Gasteiger partial charge in [-0.1, -0.05) is 13.3 Å². The van der Waals surface area contributed by atoms with Gasteiger partial charge in [-0.3, -0.25) is 4.79 Å². The van der Waals surface area contributed by atoms with Gasteiger partial charge >= 0.3 is 0 Å². The Hall–Kier alpha value is -1.80. The monoisotopic (exact) mass is 384 g/mol. The lowest BCUT2D eigenvalue weighted by Crippen LogP contribution is -2.52. The Labute approximate surface area is 155 Å². The quantitative estimate of drug-likeness (QED) is 0.740. The zero-order chi connectivity index (χ0) is 19.2. The van der Waals surface area contributed by atoms with Crippen molar-refractivity contribution in [1.82, 2.24) is 9.62 Å². The number of carbonyl (C=O) groups excluding carboxylic acids is 1. The predicted octanol–water partition coefficient (Wildman–Crippen LogP) is 1.91. The molecule has 1 aliphatic rings. The van der Waals surface area contributed by atoms with E-state index in [4.69, 9.17) is 9.47 Å². The highest BCUT2D eigenvalue weighted by molar-refractivity contribution is 7.89. The molecule has 0 radical (unpaired) electrons. The van der Waals surface area contributed by atoms with Gasteiger partial charge in [0.05, 0.1) is 20.0 Å². The molecule has 0 bridgehead atoms. The number of sulfonamides is 1. The number of rotatable bonds is 8. The molecule has 0 aliphatic carbocycles. The third-order valence-corrected chi connectivity index (χ3v) is 6.60. The molecule has 1 aromatic rings. The van der Waals surface area contributed by atoms with Gasteiger partial charge in [0.25, 0.3) is 0 Å². The first-order chi connectivity index (χ1) is 12.4. The summed E-state index contributed by atoms with van der Waals surface area (Å²) in [5.74, 6) is 1.09. The fraction of sp³-hybridized carbons (Fsp3) is 0.611. The lowest BCUT2D eigenvalue weighted by atomic mass is 10.0. The van der Waals surface area contributed by atoms with E-state index in [0.717, 1.165) is 18.4 Å². The van der Waals surface area contributed by atoms with Crippen LogP contribution in [0.1, 0.15) is 38.2 Å². The molecule has 26 heavy (non-hydrogen) atoms. The SMILES string of the molecule is CCCS(=O)(=O)N1CCCCC1C(=O)NCc1ccc(OC)cc1OC. The Bertz CT molecular complexity index is 720. The van der Waals surface area contributed by atoms with Crippen molar-refractivity contribution >= 4 is 15.9 Å². The molecule has 1 N–H and O–H groups in total. The van der Waals surface area contributed by atoms with Gasteiger partial charge in [0.1, 0.15) is 17.5 Å². The molecule has 146 valence electrons. The average molecular weight is 384 g/mol. The van der Waals surface area contributed by atoms with Crippen LogP contribution in [0.5, 0.6) is 11.5 Å². The molecule has 1 heterocycles. The number of ether oxygens (including phenoxy) is 2. The number of nitrogens with zero attached hydrogens (tertiary/aromatic N) is 1. The minimum absolute atomic E-state index is 0.0725. The number of hydrogen-bond donors (Lipinski definition) is 1. The van der Waals surface area contributed by atoms with Gasteiger partial charge in [0, 0.05) is 24.7 Å². The number of benzene rings is 1. The van der Waals surface area contributed by atoms with Crippen LogP contribution in [0, 0.1) is 0 Å². The summed E-state index contributed by atoms with van der Waals surface area (Å²) in [5, 5.41) is 2.86. The van der Waals surface area contributed by atoms with Gasteiger partial charge in [-0.05, 0) is 31.4 Å². The molecule has 2 rings (SSSR count). The molecule has 7 nitrogen and oxygen atoms in total. The fourth-order valence-electron chi connectivity index (χ4n) is 3.17. The maximum atomic E-state index is 12.7. The zero-order valence-corrected chi connectivity index (χ0v) is 16.5. The molecule has 1 aliphatic heterocycles. The average Bonchev–Trinajstić information content (AvgIpc) is 2.65. The van der Waals surface area contributed by atoms with E-state index in [1.54, 1.807) is 26.4 Å². The number of carbonyl (C=O) groups is 1. The number of methoxy groups -OCH3 is 2. The van der Waals surface area contributed by atoms with E-state index in [-0.39, 0.29) is 18.2 Å². The van der Waals surface area contributed by atoms with Crippen LogP contribution in [0.3, 0.4) is 0 Å². The Morgan fingerprint density at radius 3 is 2.69 bits per heavy atom. The van der Waals surface area contributed by atoms with Gasteiger partial charge in [-0.25, -0.2) is 8.42 Å². The smallest absolute Gasteiger partial charge is 0.238 e. The van der Waals surface area contributed by atoms with E-state index in [9.17, 15) is 13.2 Å². The second-order valence-corrected chi connectivity index (χ2v) is 8.37. The highest BCUT2D eigenvalue weighted by Crippen LogP contribution is 2.25. The fourth-order valence-corrected chi connectivity index (χ4v) is 4.92. The normalized spacial score (nSPS) is 18.3. The zero-order valence-electron chi connectivity index (χ0n) is 15.7. The first-order valence-corrected chi connectivity index (χ1v) is 10.5. The molecule has 1 saturated heterocycles. The van der Waals surface area contributed by atoms with Crippen LogP contribution in [0.25, 0.3) is 0 Å². The lowest BCUT2D eigenvalue weighted by molar-refractivity contribution is -0.125. The van der Waals surface area contributed by atoms with Crippen molar-refractivity contribution in [2.75, 3.05) is 26.5 Å². The van der Waals surface area contributed by atoms with E-state index in [0.29, 0.717) is 30.9 Å². The van der Waals surface area contributed by atoms with Crippen LogP contribution in [0.15, 0.2) is 18.2 Å². The van der Waals surface area contributed by atoms with E-state index in [2.05, 4.69) is 5.32 Å². The van der Waals surface area contributed by atoms with Crippen LogP contribution >= 0.6 is 0 Å². The van der Waals surface area contributed by atoms with Crippen LogP contribution < -0.4 is 14.8 Å². The molecule has 1 fully saturated rings. The summed E-state index contributed by atoms with van der Waals surface area (Å²) >= 11 is 0. The van der Waals surface area contributed by atoms with Crippen LogP contribution in [0.4, 0.5) is 0 Å². The van der Waals surface area contributed by atoms with Crippen molar-refractivity contribution in [3.63, 3.8) is 0 Å². The molecule has 8 heteroatoms. The van der Waals surface area contributed by atoms with E-state index in [1.807, 2.05) is 13.0 Å². The van der Waals surface area contributed by atoms with Crippen molar-refractivity contribution in [2.45, 2.75) is 45.2 Å². The maximum absolute atomic E-state index is 12.7. The molecule has 0 spiro atoms. The molecule has 1 unspecified atom stereocenters. The van der Waals surface area contributed by atoms with Crippen molar-refractivity contribution in [2.24, 2.45) is 0 Å². The second kappa shape index (κ2) is 9.23. The Morgan fingerprint density at radius 1 is 1.27 bits per heavy atom. The Kier molecular flexibility index (Phi) is 7.28. The summed E-state index contributed by atoms with van der Waals surface area (Å²) in [6, 6.07) is 4.73. The van der Waals surface area contributed by atoms with Gasteiger partial charge in [0.2, 0.25) is 15.9 Å². The summed E-state index contributed by atoms with van der Waals surface area (Å²) in [5.41, 5.74) is 0.806. The Balaban J connectivity index is 2.08. The standard InChI is InChI=1S/C18H28N2O5S/c1-4-11-26(22,23)20-10-6-5-7-16(20)18(21)19-13-14-8-9-15(24-2)12-17(14)25-3/h8-9,12,16H,4-7,10-11,13H2,1-3H3,(H,19,21). The second-order valence-electron chi connectivity index (χ2n) is 6.33. The maximum Gasteiger partial charge on any atom is 0.238 e. The number of piperidine rings is 1. The first kappa shape index (κ1) is 20.5. The van der Waals surface area contributed by atoms with Crippen LogP contribution in [-0.4, -0.2) is 51.2 Å². The van der Waals surface area contributed by atoms with Gasteiger partial charge in [-0.15, -0.1) is 0 Å². The first-order valence-electron chi connectivity index (χ1n) is 8.91. The van der Waals surface area contributed by atoms with E-state index >= 15 is 0 Å². The number of nitrogens with one attached hydrogen (secondary N) is 1. The van der Waals surface area contributed by atoms with Gasteiger partial charge in [-0.2, -0.15) is 4.31 Å². The highest BCUT2D eigenvalue weighted by Gasteiger charge is 2.36. The topological polar surface area (TPSA) is 84.9 Å². The molecule has 1 amide bonds. The summed E-state index contributed by atoms with van der Waals surface area (Å²) in [6.07, 6.45) is 2.73. The minimum atomic E-state index is -3.40. The molecular formula is C18H28N2O5S. The summed E-state index contributed by atoms with van der Waals surface area (Å²) in [7, 11) is -0.271. The largest absolute Gasteiger partial charge is 0.497 e. The van der Waals surface area contributed by atoms with Gasteiger partial charge in [0.15, 0.2) is 0 Å². The van der Waals surface area contributed by atoms with E-state index in [1.165, 1.54) is 4.31 Å². The summed E-state index contributed by atoms with van der Waals surface area (Å²) in [4.78, 5) is 12.7. The lowest BCUT2D eigenvalue weighted by Gasteiger charge is -2.33.